The minimum atomic E-state index is -0.340. The second kappa shape index (κ2) is 5.87. The molecule has 0 amide bonds. The third-order valence-electron chi connectivity index (χ3n) is 3.42. The lowest BCUT2D eigenvalue weighted by Gasteiger charge is -2.27. The lowest BCUT2D eigenvalue weighted by atomic mass is 9.80. The fourth-order valence-electron chi connectivity index (χ4n) is 2.18. The number of hydrogen-bond acceptors (Lipinski definition) is 2. The number of aliphatic hydroxyl groups is 1. The lowest BCUT2D eigenvalue weighted by Crippen LogP contribution is -2.14. The van der Waals surface area contributed by atoms with Gasteiger partial charge in [0, 0.05) is 0 Å². The maximum atomic E-state index is 10.1. The van der Waals surface area contributed by atoms with Crippen LogP contribution in [0.15, 0.2) is 22.7 Å². The molecule has 1 fully saturated rings. The van der Waals surface area contributed by atoms with Gasteiger partial charge in [-0.05, 0) is 52.9 Å². The van der Waals surface area contributed by atoms with Crippen LogP contribution in [0.3, 0.4) is 0 Å². The van der Waals surface area contributed by atoms with Crippen LogP contribution in [0.2, 0.25) is 0 Å². The Morgan fingerprint density at radius 2 is 2.24 bits per heavy atom. The van der Waals surface area contributed by atoms with Crippen molar-refractivity contribution in [3.8, 4) is 5.75 Å². The molecular weight excluding hydrogens is 280 g/mol. The normalized spacial score (nSPS) is 17.6. The average Bonchev–Trinajstić information content (AvgIpc) is 2.26. The van der Waals surface area contributed by atoms with Crippen molar-refractivity contribution >= 4 is 15.9 Å². The van der Waals surface area contributed by atoms with Crippen molar-refractivity contribution in [1.29, 1.82) is 0 Å². The van der Waals surface area contributed by atoms with E-state index in [1.54, 1.807) is 0 Å². The lowest BCUT2D eigenvalue weighted by molar-refractivity contribution is 0.118. The van der Waals surface area contributed by atoms with Gasteiger partial charge in [0.1, 0.15) is 5.75 Å². The van der Waals surface area contributed by atoms with Crippen molar-refractivity contribution in [3.63, 3.8) is 0 Å². The van der Waals surface area contributed by atoms with Crippen molar-refractivity contribution in [3.05, 3.63) is 28.2 Å². The minimum absolute atomic E-state index is 0.340. The number of ether oxygens (including phenoxy) is 1. The van der Waals surface area contributed by atoms with Gasteiger partial charge in [-0.3, -0.25) is 0 Å². The zero-order valence-electron chi connectivity index (χ0n) is 10.2. The molecule has 0 radical (unpaired) electrons. The van der Waals surface area contributed by atoms with Crippen LogP contribution in [0.4, 0.5) is 0 Å². The van der Waals surface area contributed by atoms with Crippen LogP contribution < -0.4 is 4.74 Å². The highest BCUT2D eigenvalue weighted by Gasteiger charge is 2.22. The summed E-state index contributed by atoms with van der Waals surface area (Å²) < 4.78 is 6.38. The first-order chi connectivity index (χ1) is 8.20. The summed E-state index contributed by atoms with van der Waals surface area (Å²) in [7, 11) is 0. The van der Waals surface area contributed by atoms with Crippen LogP contribution in [-0.2, 0) is 0 Å². The molecule has 1 aliphatic rings. The summed E-state index contributed by atoms with van der Waals surface area (Å²) in [5.74, 6) is 1.56. The Kier molecular flexibility index (Phi) is 4.46. The molecular formula is C14H19BrO2. The Balaban J connectivity index is 2.02. The Morgan fingerprint density at radius 3 is 2.76 bits per heavy atom. The molecule has 0 aromatic heterocycles. The SMILES string of the molecule is CCOc1ccc(C(O)CC2CCC2)cc1Br. The molecule has 1 unspecified atom stereocenters. The van der Waals surface area contributed by atoms with E-state index in [2.05, 4.69) is 15.9 Å². The summed E-state index contributed by atoms with van der Waals surface area (Å²) >= 11 is 3.48. The first-order valence-electron chi connectivity index (χ1n) is 6.31. The first-order valence-corrected chi connectivity index (χ1v) is 7.10. The van der Waals surface area contributed by atoms with E-state index >= 15 is 0 Å². The number of halogens is 1. The smallest absolute Gasteiger partial charge is 0.133 e. The van der Waals surface area contributed by atoms with Crippen molar-refractivity contribution in [2.24, 2.45) is 5.92 Å². The molecule has 1 N–H and O–H groups in total. The summed E-state index contributed by atoms with van der Waals surface area (Å²) in [5, 5.41) is 10.1. The van der Waals surface area contributed by atoms with Crippen molar-refractivity contribution < 1.29 is 9.84 Å². The van der Waals surface area contributed by atoms with E-state index in [1.165, 1.54) is 19.3 Å². The van der Waals surface area contributed by atoms with Gasteiger partial charge >= 0.3 is 0 Å². The molecule has 2 nitrogen and oxygen atoms in total. The summed E-state index contributed by atoms with van der Waals surface area (Å²) in [5.41, 5.74) is 0.979. The van der Waals surface area contributed by atoms with Crippen molar-refractivity contribution in [2.45, 2.75) is 38.7 Å². The van der Waals surface area contributed by atoms with Gasteiger partial charge in [-0.15, -0.1) is 0 Å². The second-order valence-corrected chi connectivity index (χ2v) is 5.53. The molecule has 17 heavy (non-hydrogen) atoms. The van der Waals surface area contributed by atoms with E-state index in [4.69, 9.17) is 4.74 Å². The fourth-order valence-corrected chi connectivity index (χ4v) is 2.69. The molecule has 0 heterocycles. The van der Waals surface area contributed by atoms with Crippen molar-refractivity contribution in [2.75, 3.05) is 6.61 Å². The van der Waals surface area contributed by atoms with Gasteiger partial charge in [-0.2, -0.15) is 0 Å². The Labute approximate surface area is 111 Å². The molecule has 1 atom stereocenters. The number of benzene rings is 1. The third-order valence-corrected chi connectivity index (χ3v) is 4.04. The monoisotopic (exact) mass is 298 g/mol. The first kappa shape index (κ1) is 12.9. The highest BCUT2D eigenvalue weighted by atomic mass is 79.9. The number of rotatable bonds is 5. The van der Waals surface area contributed by atoms with Crippen LogP contribution in [0.25, 0.3) is 0 Å². The predicted octanol–water partition coefficient (Wildman–Crippen LogP) is 4.07. The van der Waals surface area contributed by atoms with E-state index in [9.17, 15) is 5.11 Å². The Bertz CT molecular complexity index is 374. The van der Waals surface area contributed by atoms with E-state index in [1.807, 2.05) is 25.1 Å². The molecule has 2 rings (SSSR count). The minimum Gasteiger partial charge on any atom is -0.493 e. The molecule has 1 aromatic rings. The molecule has 94 valence electrons. The van der Waals surface area contributed by atoms with Gasteiger partial charge in [-0.25, -0.2) is 0 Å². The summed E-state index contributed by atoms with van der Waals surface area (Å²) in [6, 6.07) is 5.85. The summed E-state index contributed by atoms with van der Waals surface area (Å²) in [4.78, 5) is 0. The summed E-state index contributed by atoms with van der Waals surface area (Å²) in [6.45, 7) is 2.62. The molecule has 0 saturated heterocycles. The topological polar surface area (TPSA) is 29.5 Å². The molecule has 0 bridgehead atoms. The van der Waals surface area contributed by atoms with Gasteiger partial charge in [0.05, 0.1) is 17.2 Å². The largest absolute Gasteiger partial charge is 0.493 e. The van der Waals surface area contributed by atoms with Gasteiger partial charge in [-0.1, -0.05) is 25.3 Å². The van der Waals surface area contributed by atoms with Gasteiger partial charge in [0.25, 0.3) is 0 Å². The molecule has 1 aliphatic carbocycles. The zero-order valence-corrected chi connectivity index (χ0v) is 11.7. The fraction of sp³-hybridized carbons (Fsp3) is 0.571. The standard InChI is InChI=1S/C14H19BrO2/c1-2-17-14-7-6-11(9-12(14)15)13(16)8-10-4-3-5-10/h6-7,9-10,13,16H,2-5,8H2,1H3. The maximum absolute atomic E-state index is 10.1. The van der Waals surface area contributed by atoms with Gasteiger partial charge in [0.15, 0.2) is 0 Å². The van der Waals surface area contributed by atoms with E-state index < -0.39 is 0 Å². The molecule has 0 aliphatic heterocycles. The zero-order chi connectivity index (χ0) is 12.3. The van der Waals surface area contributed by atoms with E-state index in [0.717, 1.165) is 28.1 Å². The predicted molar refractivity (Wildman–Crippen MR) is 72.2 cm³/mol. The number of aliphatic hydroxyl groups excluding tert-OH is 1. The van der Waals surface area contributed by atoms with Crippen LogP contribution in [-0.4, -0.2) is 11.7 Å². The van der Waals surface area contributed by atoms with Crippen LogP contribution in [0.1, 0.15) is 44.3 Å². The number of hydrogen-bond donors (Lipinski definition) is 1. The average molecular weight is 299 g/mol. The molecule has 1 aromatic carbocycles. The van der Waals surface area contributed by atoms with E-state index in [0.29, 0.717) is 6.61 Å². The molecule has 3 heteroatoms. The molecule has 0 spiro atoms. The van der Waals surface area contributed by atoms with Crippen molar-refractivity contribution in [1.82, 2.24) is 0 Å². The van der Waals surface area contributed by atoms with Crippen LogP contribution in [0, 0.1) is 5.92 Å². The van der Waals surface area contributed by atoms with Gasteiger partial charge < -0.3 is 9.84 Å². The Morgan fingerprint density at radius 1 is 1.47 bits per heavy atom. The molecule has 1 saturated carbocycles. The van der Waals surface area contributed by atoms with Crippen LogP contribution >= 0.6 is 15.9 Å². The summed E-state index contributed by atoms with van der Waals surface area (Å²) in [6.07, 6.45) is 4.42. The van der Waals surface area contributed by atoms with Crippen LogP contribution in [0.5, 0.6) is 5.75 Å². The highest BCUT2D eigenvalue weighted by molar-refractivity contribution is 9.10. The Hall–Kier alpha value is -0.540. The quantitative estimate of drug-likeness (QED) is 0.888. The third kappa shape index (κ3) is 3.23. The second-order valence-electron chi connectivity index (χ2n) is 4.67. The highest BCUT2D eigenvalue weighted by Crippen LogP contribution is 2.36. The maximum Gasteiger partial charge on any atom is 0.133 e. The van der Waals surface area contributed by atoms with E-state index in [-0.39, 0.29) is 6.10 Å². The van der Waals surface area contributed by atoms with Gasteiger partial charge in [0.2, 0.25) is 0 Å².